The van der Waals surface area contributed by atoms with Gasteiger partial charge in [0.15, 0.2) is 0 Å². The van der Waals surface area contributed by atoms with Crippen molar-refractivity contribution in [1.82, 2.24) is 0 Å². The van der Waals surface area contributed by atoms with Crippen molar-refractivity contribution >= 4 is 15.9 Å². The van der Waals surface area contributed by atoms with Crippen LogP contribution in [0.2, 0.25) is 0 Å². The Morgan fingerprint density at radius 1 is 1.50 bits per heavy atom. The SMILES string of the molecule is BrCCCC1=CC=CCC1. The summed E-state index contributed by atoms with van der Waals surface area (Å²) in [6.45, 7) is 0. The molecular weight excluding hydrogens is 188 g/mol. The first-order chi connectivity index (χ1) is 4.93. The standard InChI is InChI=1S/C9H13Br/c10-8-4-7-9-5-2-1-3-6-9/h1-2,5H,3-4,6-8H2. The number of halogens is 1. The fraction of sp³-hybridized carbons (Fsp3) is 0.556. The molecule has 0 fully saturated rings. The van der Waals surface area contributed by atoms with Gasteiger partial charge >= 0.3 is 0 Å². The van der Waals surface area contributed by atoms with Crippen LogP contribution >= 0.6 is 15.9 Å². The predicted molar refractivity (Wildman–Crippen MR) is 49.5 cm³/mol. The summed E-state index contributed by atoms with van der Waals surface area (Å²) in [5, 5.41) is 1.13. The molecule has 0 heterocycles. The summed E-state index contributed by atoms with van der Waals surface area (Å²) < 4.78 is 0. The first-order valence-corrected chi connectivity index (χ1v) is 4.96. The summed E-state index contributed by atoms with van der Waals surface area (Å²) >= 11 is 3.43. The van der Waals surface area contributed by atoms with Crippen LogP contribution in [0, 0.1) is 0 Å². The number of hydrogen-bond donors (Lipinski definition) is 0. The van der Waals surface area contributed by atoms with Crippen LogP contribution in [0.3, 0.4) is 0 Å². The first kappa shape index (κ1) is 8.06. The van der Waals surface area contributed by atoms with E-state index in [1.165, 1.54) is 25.7 Å². The molecule has 0 saturated heterocycles. The van der Waals surface area contributed by atoms with Gasteiger partial charge in [-0.25, -0.2) is 0 Å². The van der Waals surface area contributed by atoms with Crippen molar-refractivity contribution < 1.29 is 0 Å². The van der Waals surface area contributed by atoms with E-state index < -0.39 is 0 Å². The zero-order valence-electron chi connectivity index (χ0n) is 6.15. The molecule has 0 bridgehead atoms. The highest BCUT2D eigenvalue weighted by molar-refractivity contribution is 9.09. The van der Waals surface area contributed by atoms with Crippen LogP contribution < -0.4 is 0 Å². The molecule has 0 atom stereocenters. The molecule has 1 heteroatoms. The molecule has 56 valence electrons. The average molecular weight is 201 g/mol. The highest BCUT2D eigenvalue weighted by atomic mass is 79.9. The van der Waals surface area contributed by atoms with Crippen molar-refractivity contribution in [2.45, 2.75) is 25.7 Å². The summed E-state index contributed by atoms with van der Waals surface area (Å²) in [4.78, 5) is 0. The van der Waals surface area contributed by atoms with Gasteiger partial charge in [0.05, 0.1) is 0 Å². The summed E-state index contributed by atoms with van der Waals surface area (Å²) in [7, 11) is 0. The molecule has 0 unspecified atom stereocenters. The van der Waals surface area contributed by atoms with Crippen LogP contribution in [-0.4, -0.2) is 5.33 Å². The van der Waals surface area contributed by atoms with E-state index in [-0.39, 0.29) is 0 Å². The first-order valence-electron chi connectivity index (χ1n) is 3.84. The molecule has 0 aromatic carbocycles. The maximum Gasteiger partial charge on any atom is 0.00343 e. The Kier molecular flexibility index (Phi) is 3.81. The van der Waals surface area contributed by atoms with Crippen molar-refractivity contribution in [2.75, 3.05) is 5.33 Å². The van der Waals surface area contributed by atoms with Gasteiger partial charge in [0.1, 0.15) is 0 Å². The topological polar surface area (TPSA) is 0 Å². The summed E-state index contributed by atoms with van der Waals surface area (Å²) in [5.41, 5.74) is 1.61. The zero-order valence-corrected chi connectivity index (χ0v) is 7.73. The van der Waals surface area contributed by atoms with Crippen molar-refractivity contribution in [1.29, 1.82) is 0 Å². The van der Waals surface area contributed by atoms with Crippen molar-refractivity contribution in [2.24, 2.45) is 0 Å². The second-order valence-electron chi connectivity index (χ2n) is 2.58. The molecule has 1 rings (SSSR count). The lowest BCUT2D eigenvalue weighted by atomic mass is 10.0. The number of hydrogen-bond acceptors (Lipinski definition) is 0. The molecule has 1 aliphatic carbocycles. The molecule has 0 aliphatic heterocycles. The lowest BCUT2D eigenvalue weighted by Gasteiger charge is -2.06. The average Bonchev–Trinajstić information content (AvgIpc) is 2.03. The van der Waals surface area contributed by atoms with E-state index in [1.807, 2.05) is 0 Å². The molecule has 0 N–H and O–H groups in total. The Balaban J connectivity index is 2.25. The van der Waals surface area contributed by atoms with E-state index in [2.05, 4.69) is 34.2 Å². The Bertz CT molecular complexity index is 145. The largest absolute Gasteiger partial charge is 0.0928 e. The van der Waals surface area contributed by atoms with E-state index >= 15 is 0 Å². The molecule has 0 radical (unpaired) electrons. The van der Waals surface area contributed by atoms with Gasteiger partial charge in [-0.2, -0.15) is 0 Å². The van der Waals surface area contributed by atoms with Crippen LogP contribution in [0.15, 0.2) is 23.8 Å². The van der Waals surface area contributed by atoms with Crippen molar-refractivity contribution in [3.8, 4) is 0 Å². The number of allylic oxidation sites excluding steroid dienone is 4. The number of rotatable bonds is 3. The Morgan fingerprint density at radius 3 is 3.00 bits per heavy atom. The summed E-state index contributed by atoms with van der Waals surface area (Å²) in [5.74, 6) is 0. The third-order valence-corrected chi connectivity index (χ3v) is 2.29. The van der Waals surface area contributed by atoms with Gasteiger partial charge in [0.2, 0.25) is 0 Å². The summed E-state index contributed by atoms with van der Waals surface area (Å²) in [6.07, 6.45) is 11.7. The molecule has 0 aromatic heterocycles. The van der Waals surface area contributed by atoms with Crippen LogP contribution in [-0.2, 0) is 0 Å². The van der Waals surface area contributed by atoms with Gasteiger partial charge < -0.3 is 0 Å². The smallest absolute Gasteiger partial charge is 0.00343 e. The Morgan fingerprint density at radius 2 is 2.40 bits per heavy atom. The number of alkyl halides is 1. The lowest BCUT2D eigenvalue weighted by Crippen LogP contribution is -1.87. The fourth-order valence-electron chi connectivity index (χ4n) is 1.15. The molecular formula is C9H13Br. The van der Waals surface area contributed by atoms with Crippen LogP contribution in [0.5, 0.6) is 0 Å². The minimum atomic E-state index is 1.13. The van der Waals surface area contributed by atoms with Gasteiger partial charge in [-0.05, 0) is 25.7 Å². The minimum Gasteiger partial charge on any atom is -0.0928 e. The van der Waals surface area contributed by atoms with Gasteiger partial charge in [-0.3, -0.25) is 0 Å². The lowest BCUT2D eigenvalue weighted by molar-refractivity contribution is 0.829. The zero-order chi connectivity index (χ0) is 7.23. The molecule has 0 nitrogen and oxygen atoms in total. The van der Waals surface area contributed by atoms with Gasteiger partial charge in [-0.15, -0.1) is 0 Å². The predicted octanol–water partition coefficient (Wildman–Crippen LogP) is 3.44. The second kappa shape index (κ2) is 4.73. The quantitative estimate of drug-likeness (QED) is 0.613. The molecule has 1 aliphatic rings. The Labute approximate surface area is 71.1 Å². The van der Waals surface area contributed by atoms with E-state index in [9.17, 15) is 0 Å². The molecule has 10 heavy (non-hydrogen) atoms. The van der Waals surface area contributed by atoms with E-state index in [1.54, 1.807) is 5.57 Å². The van der Waals surface area contributed by atoms with Gasteiger partial charge in [0, 0.05) is 5.33 Å². The van der Waals surface area contributed by atoms with Crippen molar-refractivity contribution in [3.05, 3.63) is 23.8 Å². The molecule has 0 aromatic rings. The second-order valence-corrected chi connectivity index (χ2v) is 3.38. The fourth-order valence-corrected chi connectivity index (χ4v) is 1.43. The van der Waals surface area contributed by atoms with Crippen molar-refractivity contribution in [3.63, 3.8) is 0 Å². The third kappa shape index (κ3) is 2.70. The third-order valence-electron chi connectivity index (χ3n) is 1.73. The normalized spacial score (nSPS) is 17.1. The van der Waals surface area contributed by atoms with Crippen LogP contribution in [0.25, 0.3) is 0 Å². The highest BCUT2D eigenvalue weighted by Crippen LogP contribution is 2.16. The van der Waals surface area contributed by atoms with E-state index in [0.29, 0.717) is 0 Å². The molecule has 0 amide bonds. The maximum atomic E-state index is 3.43. The monoisotopic (exact) mass is 200 g/mol. The van der Waals surface area contributed by atoms with E-state index in [4.69, 9.17) is 0 Å². The highest BCUT2D eigenvalue weighted by Gasteiger charge is 1.97. The van der Waals surface area contributed by atoms with Gasteiger partial charge in [0.25, 0.3) is 0 Å². The molecule has 0 saturated carbocycles. The minimum absolute atomic E-state index is 1.13. The van der Waals surface area contributed by atoms with Crippen LogP contribution in [0.1, 0.15) is 25.7 Å². The summed E-state index contributed by atoms with van der Waals surface area (Å²) in [6, 6.07) is 0. The Hall–Kier alpha value is -0.0400. The van der Waals surface area contributed by atoms with Crippen LogP contribution in [0.4, 0.5) is 0 Å². The van der Waals surface area contributed by atoms with Gasteiger partial charge in [-0.1, -0.05) is 39.7 Å². The maximum absolute atomic E-state index is 3.43. The van der Waals surface area contributed by atoms with E-state index in [0.717, 1.165) is 5.33 Å². The molecule has 0 spiro atoms.